The topological polar surface area (TPSA) is 9.23 Å². The van der Waals surface area contributed by atoms with E-state index in [1.807, 2.05) is 0 Å². The summed E-state index contributed by atoms with van der Waals surface area (Å²) in [6.45, 7) is 4.61. The molecule has 212 valence electrons. The highest BCUT2D eigenvalue weighted by Crippen LogP contribution is 2.63. The lowest BCUT2D eigenvalue weighted by molar-refractivity contribution is 0.419. The molecule has 1 atom stereocenters. The van der Waals surface area contributed by atoms with Gasteiger partial charge in [-0.2, -0.15) is 0 Å². The maximum absolute atomic E-state index is 6.71. The zero-order valence-electron chi connectivity index (χ0n) is 25.3. The predicted octanol–water partition coefficient (Wildman–Crippen LogP) is 11.3. The van der Waals surface area contributed by atoms with Crippen LogP contribution in [0, 0.1) is 0 Å². The third-order valence-corrected chi connectivity index (χ3v) is 10.7. The standard InChI is InChI=1S/C44H30O/c1-43(2)38-19-9-10-21-41(38)45-42-30(16-11-20-39(42)43)29-22-23-37-33(25-29)31-14-5-7-17-35(31)44(37)36-18-8-6-15-32(36)34-24-27-12-3-4-13-28(27)26-40(34)44/h3-26H,1-2H3. The Labute approximate surface area is 263 Å². The minimum Gasteiger partial charge on any atom is -0.456 e. The zero-order chi connectivity index (χ0) is 29.9. The van der Waals surface area contributed by atoms with Gasteiger partial charge in [0.25, 0.3) is 0 Å². The molecular weight excluding hydrogens is 544 g/mol. The molecule has 10 rings (SSSR count). The van der Waals surface area contributed by atoms with Gasteiger partial charge >= 0.3 is 0 Å². The van der Waals surface area contributed by atoms with Crippen molar-refractivity contribution in [3.63, 3.8) is 0 Å². The van der Waals surface area contributed by atoms with Crippen LogP contribution < -0.4 is 4.74 Å². The Balaban J connectivity index is 1.24. The first-order valence-electron chi connectivity index (χ1n) is 15.9. The number of fused-ring (bicyclic) bond motifs is 13. The van der Waals surface area contributed by atoms with Crippen LogP contribution in [0.5, 0.6) is 11.5 Å². The molecular formula is C44H30O. The van der Waals surface area contributed by atoms with E-state index in [1.54, 1.807) is 0 Å². The van der Waals surface area contributed by atoms with Crippen LogP contribution >= 0.6 is 0 Å². The Morgan fingerprint density at radius 3 is 1.71 bits per heavy atom. The number of hydrogen-bond acceptors (Lipinski definition) is 1. The minimum absolute atomic E-state index is 0.159. The highest BCUT2D eigenvalue weighted by Gasteiger charge is 2.51. The van der Waals surface area contributed by atoms with Crippen molar-refractivity contribution in [3.8, 4) is 44.9 Å². The molecule has 7 aromatic rings. The van der Waals surface area contributed by atoms with Gasteiger partial charge in [0.05, 0.1) is 5.41 Å². The van der Waals surface area contributed by atoms with E-state index in [0.29, 0.717) is 0 Å². The van der Waals surface area contributed by atoms with Crippen molar-refractivity contribution in [2.24, 2.45) is 0 Å². The molecule has 3 aliphatic rings. The summed E-state index contributed by atoms with van der Waals surface area (Å²) in [5.41, 5.74) is 15.0. The molecule has 1 aliphatic heterocycles. The molecule has 0 fully saturated rings. The lowest BCUT2D eigenvalue weighted by Gasteiger charge is -2.35. The molecule has 0 saturated heterocycles. The summed E-state index contributed by atoms with van der Waals surface area (Å²) in [4.78, 5) is 0. The average molecular weight is 575 g/mol. The third-order valence-electron chi connectivity index (χ3n) is 10.7. The maximum atomic E-state index is 6.71. The van der Waals surface area contributed by atoms with Crippen molar-refractivity contribution >= 4 is 10.8 Å². The molecule has 1 heterocycles. The van der Waals surface area contributed by atoms with Crippen molar-refractivity contribution < 1.29 is 4.74 Å². The largest absolute Gasteiger partial charge is 0.456 e. The van der Waals surface area contributed by atoms with Gasteiger partial charge in [0.15, 0.2) is 0 Å². The number of benzene rings is 7. The fourth-order valence-electron chi connectivity index (χ4n) is 8.69. The first kappa shape index (κ1) is 25.0. The van der Waals surface area contributed by atoms with Crippen LogP contribution in [0.25, 0.3) is 44.2 Å². The molecule has 0 bridgehead atoms. The number of hydrogen-bond donors (Lipinski definition) is 0. The van der Waals surface area contributed by atoms with Crippen LogP contribution in [0.4, 0.5) is 0 Å². The number of ether oxygens (including phenoxy) is 1. The summed E-state index contributed by atoms with van der Waals surface area (Å²) < 4.78 is 6.71. The summed E-state index contributed by atoms with van der Waals surface area (Å²) >= 11 is 0. The van der Waals surface area contributed by atoms with Crippen molar-refractivity contribution in [2.75, 3.05) is 0 Å². The second-order valence-corrected chi connectivity index (χ2v) is 13.3. The Morgan fingerprint density at radius 2 is 0.956 bits per heavy atom. The van der Waals surface area contributed by atoms with E-state index < -0.39 is 0 Å². The molecule has 0 radical (unpaired) electrons. The van der Waals surface area contributed by atoms with Crippen molar-refractivity contribution in [1.82, 2.24) is 0 Å². The Morgan fingerprint density at radius 1 is 0.400 bits per heavy atom. The Hall–Kier alpha value is -5.40. The summed E-state index contributed by atoms with van der Waals surface area (Å²) in [5.74, 6) is 1.91. The third kappa shape index (κ3) is 3.08. The summed E-state index contributed by atoms with van der Waals surface area (Å²) in [6, 6.07) is 53.9. The van der Waals surface area contributed by atoms with E-state index in [-0.39, 0.29) is 10.8 Å². The van der Waals surface area contributed by atoms with Crippen LogP contribution in [-0.4, -0.2) is 0 Å². The molecule has 0 amide bonds. The van der Waals surface area contributed by atoms with Gasteiger partial charge < -0.3 is 4.74 Å². The van der Waals surface area contributed by atoms with Gasteiger partial charge in [-0.3, -0.25) is 0 Å². The number of para-hydroxylation sites is 2. The van der Waals surface area contributed by atoms with Gasteiger partial charge in [-0.15, -0.1) is 0 Å². The number of rotatable bonds is 1. The Kier molecular flexibility index (Phi) is 4.78. The summed E-state index contributed by atoms with van der Waals surface area (Å²) in [5, 5.41) is 2.56. The molecule has 0 aromatic heterocycles. The van der Waals surface area contributed by atoms with E-state index in [9.17, 15) is 0 Å². The smallest absolute Gasteiger partial charge is 0.139 e. The van der Waals surface area contributed by atoms with E-state index in [0.717, 1.165) is 17.1 Å². The quantitative estimate of drug-likeness (QED) is 0.189. The first-order valence-corrected chi connectivity index (χ1v) is 15.9. The van der Waals surface area contributed by atoms with Crippen LogP contribution in [0.3, 0.4) is 0 Å². The van der Waals surface area contributed by atoms with Gasteiger partial charge in [-0.05, 0) is 85.1 Å². The van der Waals surface area contributed by atoms with Gasteiger partial charge in [0.1, 0.15) is 11.5 Å². The average Bonchev–Trinajstić information content (AvgIpc) is 3.53. The van der Waals surface area contributed by atoms with Crippen LogP contribution in [-0.2, 0) is 10.8 Å². The van der Waals surface area contributed by atoms with Gasteiger partial charge in [0, 0.05) is 22.1 Å². The fraction of sp³-hybridized carbons (Fsp3) is 0.0909. The zero-order valence-corrected chi connectivity index (χ0v) is 25.3. The second-order valence-electron chi connectivity index (χ2n) is 13.3. The second kappa shape index (κ2) is 8.61. The molecule has 1 unspecified atom stereocenters. The normalized spacial score (nSPS) is 17.6. The maximum Gasteiger partial charge on any atom is 0.139 e. The van der Waals surface area contributed by atoms with Crippen LogP contribution in [0.15, 0.2) is 146 Å². The van der Waals surface area contributed by atoms with E-state index in [4.69, 9.17) is 4.74 Å². The first-order chi connectivity index (χ1) is 22.1. The SMILES string of the molecule is CC1(C)c2ccccc2Oc2c(-c3ccc4c(c3)-c3ccccc3C43c4ccccc4-c4cc5ccccc5cc43)cccc21. The molecule has 2 aliphatic carbocycles. The molecule has 1 spiro atoms. The van der Waals surface area contributed by atoms with Gasteiger partial charge in [-0.1, -0.05) is 135 Å². The van der Waals surface area contributed by atoms with Crippen LogP contribution in [0.1, 0.15) is 47.2 Å². The van der Waals surface area contributed by atoms with Gasteiger partial charge in [-0.25, -0.2) is 0 Å². The van der Waals surface area contributed by atoms with E-state index in [1.165, 1.54) is 72.0 Å². The Bertz CT molecular complexity index is 2390. The summed E-state index contributed by atoms with van der Waals surface area (Å²) in [6.07, 6.45) is 0. The van der Waals surface area contributed by atoms with Crippen molar-refractivity contribution in [2.45, 2.75) is 24.7 Å². The molecule has 0 N–H and O–H groups in total. The van der Waals surface area contributed by atoms with Crippen molar-refractivity contribution in [3.05, 3.63) is 179 Å². The predicted molar refractivity (Wildman–Crippen MR) is 184 cm³/mol. The molecule has 1 nitrogen and oxygen atoms in total. The van der Waals surface area contributed by atoms with Crippen LogP contribution in [0.2, 0.25) is 0 Å². The highest BCUT2D eigenvalue weighted by atomic mass is 16.5. The molecule has 1 heteroatoms. The lowest BCUT2D eigenvalue weighted by Crippen LogP contribution is -2.25. The van der Waals surface area contributed by atoms with Crippen molar-refractivity contribution in [1.29, 1.82) is 0 Å². The van der Waals surface area contributed by atoms with E-state index in [2.05, 4.69) is 159 Å². The van der Waals surface area contributed by atoms with Gasteiger partial charge in [0.2, 0.25) is 0 Å². The van der Waals surface area contributed by atoms with E-state index >= 15 is 0 Å². The lowest BCUT2D eigenvalue weighted by atomic mass is 9.70. The molecule has 7 aromatic carbocycles. The fourth-order valence-corrected chi connectivity index (χ4v) is 8.69. The summed E-state index contributed by atoms with van der Waals surface area (Å²) in [7, 11) is 0. The molecule has 45 heavy (non-hydrogen) atoms. The monoisotopic (exact) mass is 574 g/mol. The molecule has 0 saturated carbocycles. The highest BCUT2D eigenvalue weighted by molar-refractivity contribution is 6.00. The minimum atomic E-state index is -0.367.